The fourth-order valence-corrected chi connectivity index (χ4v) is 2.78. The van der Waals surface area contributed by atoms with Crippen molar-refractivity contribution in [3.05, 3.63) is 29.8 Å². The molecule has 6 heteroatoms. The lowest BCUT2D eigenvalue weighted by molar-refractivity contribution is 0.0505. The van der Waals surface area contributed by atoms with Crippen LogP contribution in [0.5, 0.6) is 0 Å². The molecule has 0 heterocycles. The second-order valence-corrected chi connectivity index (χ2v) is 6.33. The Hall–Kier alpha value is -1.56. The Morgan fingerprint density at radius 2 is 1.80 bits per heavy atom. The van der Waals surface area contributed by atoms with E-state index in [-0.39, 0.29) is 5.75 Å². The van der Waals surface area contributed by atoms with Gasteiger partial charge >= 0.3 is 5.97 Å². The molecule has 0 aliphatic heterocycles. The quantitative estimate of drug-likeness (QED) is 0.749. The lowest BCUT2D eigenvalue weighted by Crippen LogP contribution is -2.16. The fraction of sp³-hybridized carbons (Fsp3) is 0.500. The molecule has 0 radical (unpaired) electrons. The monoisotopic (exact) mass is 299 g/mol. The lowest BCUT2D eigenvalue weighted by Gasteiger charge is -2.08. The first-order valence-corrected chi connectivity index (χ1v) is 8.41. The van der Waals surface area contributed by atoms with Crippen molar-refractivity contribution in [2.24, 2.45) is 0 Å². The van der Waals surface area contributed by atoms with Gasteiger partial charge < -0.3 is 4.74 Å². The van der Waals surface area contributed by atoms with Gasteiger partial charge in [-0.3, -0.25) is 4.72 Å². The number of hydrogen-bond donors (Lipinski definition) is 1. The number of sulfonamides is 1. The standard InChI is InChI=1S/C14H21NO4S/c1-3-5-11-20(17,18)15-13-8-6-12(7-9-13)14(16)19-10-4-2/h6-9,15H,3-5,10-11H2,1-2H3. The van der Waals surface area contributed by atoms with Gasteiger partial charge in [0.05, 0.1) is 17.9 Å². The topological polar surface area (TPSA) is 72.5 Å². The molecule has 112 valence electrons. The normalized spacial score (nSPS) is 11.1. The Bertz CT molecular complexity index is 523. The Morgan fingerprint density at radius 3 is 2.35 bits per heavy atom. The van der Waals surface area contributed by atoms with Gasteiger partial charge in [-0.25, -0.2) is 13.2 Å². The molecule has 0 aliphatic carbocycles. The van der Waals surface area contributed by atoms with Crippen molar-refractivity contribution in [1.29, 1.82) is 0 Å². The molecule has 0 bridgehead atoms. The second kappa shape index (κ2) is 7.89. The van der Waals surface area contributed by atoms with Crippen LogP contribution >= 0.6 is 0 Å². The van der Waals surface area contributed by atoms with Crippen molar-refractivity contribution >= 4 is 21.7 Å². The molecule has 1 rings (SSSR count). The van der Waals surface area contributed by atoms with Gasteiger partial charge in [0.1, 0.15) is 0 Å². The zero-order chi connectivity index (χ0) is 15.0. The maximum absolute atomic E-state index is 11.7. The average Bonchev–Trinajstić information content (AvgIpc) is 2.43. The molecule has 0 unspecified atom stereocenters. The molecule has 0 amide bonds. The molecular formula is C14H21NO4S. The highest BCUT2D eigenvalue weighted by Crippen LogP contribution is 2.13. The predicted octanol–water partition coefficient (Wildman–Crippen LogP) is 2.80. The third-order valence-electron chi connectivity index (χ3n) is 2.60. The molecular weight excluding hydrogens is 278 g/mol. The van der Waals surface area contributed by atoms with E-state index in [1.165, 1.54) is 0 Å². The van der Waals surface area contributed by atoms with Gasteiger partial charge in [-0.05, 0) is 37.1 Å². The van der Waals surface area contributed by atoms with Gasteiger partial charge in [0.25, 0.3) is 0 Å². The average molecular weight is 299 g/mol. The van der Waals surface area contributed by atoms with Crippen LogP contribution < -0.4 is 4.72 Å². The second-order valence-electron chi connectivity index (χ2n) is 4.49. The van der Waals surface area contributed by atoms with Crippen molar-refractivity contribution in [2.45, 2.75) is 33.1 Å². The number of rotatable bonds is 8. The number of hydrogen-bond acceptors (Lipinski definition) is 4. The van der Waals surface area contributed by atoms with Crippen molar-refractivity contribution in [3.63, 3.8) is 0 Å². The number of benzene rings is 1. The van der Waals surface area contributed by atoms with Gasteiger partial charge in [-0.1, -0.05) is 20.3 Å². The first-order chi connectivity index (χ1) is 9.48. The van der Waals surface area contributed by atoms with E-state index in [0.29, 0.717) is 24.3 Å². The van der Waals surface area contributed by atoms with E-state index in [4.69, 9.17) is 4.74 Å². The summed E-state index contributed by atoms with van der Waals surface area (Å²) in [6, 6.07) is 6.23. The van der Waals surface area contributed by atoms with Crippen LogP contribution in [-0.4, -0.2) is 26.7 Å². The van der Waals surface area contributed by atoms with Crippen LogP contribution in [0.4, 0.5) is 5.69 Å². The molecule has 20 heavy (non-hydrogen) atoms. The summed E-state index contributed by atoms with van der Waals surface area (Å²) in [5, 5.41) is 0. The van der Waals surface area contributed by atoms with Crippen LogP contribution in [-0.2, 0) is 14.8 Å². The molecule has 0 saturated heterocycles. The smallest absolute Gasteiger partial charge is 0.338 e. The number of esters is 1. The molecule has 1 aromatic rings. The highest BCUT2D eigenvalue weighted by molar-refractivity contribution is 7.92. The third-order valence-corrected chi connectivity index (χ3v) is 3.97. The molecule has 0 aliphatic rings. The molecule has 0 aromatic heterocycles. The first-order valence-electron chi connectivity index (χ1n) is 6.76. The van der Waals surface area contributed by atoms with E-state index in [1.807, 2.05) is 13.8 Å². The molecule has 0 spiro atoms. The number of nitrogens with one attached hydrogen (secondary N) is 1. The molecule has 0 fully saturated rings. The molecule has 1 N–H and O–H groups in total. The highest BCUT2D eigenvalue weighted by Gasteiger charge is 2.11. The van der Waals surface area contributed by atoms with Crippen LogP contribution in [0.2, 0.25) is 0 Å². The molecule has 0 saturated carbocycles. The van der Waals surface area contributed by atoms with Crippen LogP contribution in [0.25, 0.3) is 0 Å². The largest absolute Gasteiger partial charge is 0.462 e. The number of ether oxygens (including phenoxy) is 1. The van der Waals surface area contributed by atoms with Crippen molar-refractivity contribution in [1.82, 2.24) is 0 Å². The number of carbonyl (C=O) groups is 1. The van der Waals surface area contributed by atoms with E-state index >= 15 is 0 Å². The van der Waals surface area contributed by atoms with E-state index in [9.17, 15) is 13.2 Å². The van der Waals surface area contributed by atoms with Gasteiger partial charge in [-0.2, -0.15) is 0 Å². The summed E-state index contributed by atoms with van der Waals surface area (Å²) in [5.74, 6) is -0.295. The summed E-state index contributed by atoms with van der Waals surface area (Å²) in [5.41, 5.74) is 0.864. The summed E-state index contributed by atoms with van der Waals surface area (Å²) in [6.45, 7) is 4.23. The Morgan fingerprint density at radius 1 is 1.15 bits per heavy atom. The number of unbranched alkanes of at least 4 members (excludes halogenated alkanes) is 1. The minimum atomic E-state index is -3.31. The number of carbonyl (C=O) groups excluding carboxylic acids is 1. The highest BCUT2D eigenvalue weighted by atomic mass is 32.2. The minimum absolute atomic E-state index is 0.101. The Balaban J connectivity index is 2.65. The summed E-state index contributed by atoms with van der Waals surface area (Å²) >= 11 is 0. The summed E-state index contributed by atoms with van der Waals surface area (Å²) in [6.07, 6.45) is 2.21. The lowest BCUT2D eigenvalue weighted by atomic mass is 10.2. The maximum Gasteiger partial charge on any atom is 0.338 e. The fourth-order valence-electron chi connectivity index (χ4n) is 1.52. The summed E-state index contributed by atoms with van der Waals surface area (Å²) < 4.78 is 30.9. The molecule has 0 atom stereocenters. The van der Waals surface area contributed by atoms with E-state index in [0.717, 1.165) is 12.8 Å². The summed E-state index contributed by atoms with van der Waals surface area (Å²) in [4.78, 5) is 11.6. The zero-order valence-electron chi connectivity index (χ0n) is 11.9. The van der Waals surface area contributed by atoms with Crippen LogP contribution in [0, 0.1) is 0 Å². The van der Waals surface area contributed by atoms with Gasteiger partial charge in [-0.15, -0.1) is 0 Å². The van der Waals surface area contributed by atoms with E-state index in [1.54, 1.807) is 24.3 Å². The van der Waals surface area contributed by atoms with Crippen molar-refractivity contribution in [2.75, 3.05) is 17.1 Å². The molecule has 1 aromatic carbocycles. The number of anilines is 1. The third kappa shape index (κ3) is 5.61. The van der Waals surface area contributed by atoms with Crippen LogP contribution in [0.15, 0.2) is 24.3 Å². The zero-order valence-corrected chi connectivity index (χ0v) is 12.7. The van der Waals surface area contributed by atoms with E-state index < -0.39 is 16.0 Å². The Kier molecular flexibility index (Phi) is 6.51. The van der Waals surface area contributed by atoms with Crippen LogP contribution in [0.1, 0.15) is 43.5 Å². The SMILES string of the molecule is CCCCS(=O)(=O)Nc1ccc(C(=O)OCCC)cc1. The summed E-state index contributed by atoms with van der Waals surface area (Å²) in [7, 11) is -3.31. The predicted molar refractivity (Wildman–Crippen MR) is 79.3 cm³/mol. The van der Waals surface area contributed by atoms with E-state index in [2.05, 4.69) is 4.72 Å². The van der Waals surface area contributed by atoms with Gasteiger partial charge in [0.15, 0.2) is 0 Å². The van der Waals surface area contributed by atoms with Crippen LogP contribution in [0.3, 0.4) is 0 Å². The Labute approximate surface area is 120 Å². The van der Waals surface area contributed by atoms with Gasteiger partial charge in [0.2, 0.25) is 10.0 Å². The molecule has 5 nitrogen and oxygen atoms in total. The maximum atomic E-state index is 11.7. The first kappa shape index (κ1) is 16.5. The van der Waals surface area contributed by atoms with Gasteiger partial charge in [0, 0.05) is 5.69 Å². The van der Waals surface area contributed by atoms with Crippen molar-refractivity contribution < 1.29 is 17.9 Å². The minimum Gasteiger partial charge on any atom is -0.462 e. The van der Waals surface area contributed by atoms with Crippen molar-refractivity contribution in [3.8, 4) is 0 Å².